The molecule has 0 saturated heterocycles. The Labute approximate surface area is 116 Å². The average molecular weight is 322 g/mol. The number of sulfonamides is 2. The standard InChI is InChI=1S/C10H14N2O6S2/c1-7(10(13)14)19(15,16)12-8-3-5-9(6-4-8)20(17,18)11-2/h3-7,11-12H,1-2H3,(H,13,14). The second-order valence-electron chi connectivity index (χ2n) is 3.86. The lowest BCUT2D eigenvalue weighted by Crippen LogP contribution is -2.32. The number of rotatable bonds is 6. The van der Waals surface area contributed by atoms with E-state index in [-0.39, 0.29) is 10.6 Å². The molecule has 1 aromatic rings. The van der Waals surface area contributed by atoms with E-state index in [9.17, 15) is 21.6 Å². The number of carboxylic acid groups (broad SMARTS) is 1. The van der Waals surface area contributed by atoms with Crippen LogP contribution in [0.1, 0.15) is 6.92 Å². The molecule has 0 amide bonds. The second-order valence-corrected chi connectivity index (χ2v) is 7.75. The van der Waals surface area contributed by atoms with Crippen LogP contribution in [-0.4, -0.2) is 40.2 Å². The van der Waals surface area contributed by atoms with Crippen molar-refractivity contribution in [3.63, 3.8) is 0 Å². The van der Waals surface area contributed by atoms with E-state index in [4.69, 9.17) is 5.11 Å². The largest absolute Gasteiger partial charge is 0.480 e. The Morgan fingerprint density at radius 1 is 1.15 bits per heavy atom. The van der Waals surface area contributed by atoms with Crippen molar-refractivity contribution < 1.29 is 26.7 Å². The molecule has 20 heavy (non-hydrogen) atoms. The summed E-state index contributed by atoms with van der Waals surface area (Å²) >= 11 is 0. The van der Waals surface area contributed by atoms with Crippen LogP contribution in [0.15, 0.2) is 29.2 Å². The van der Waals surface area contributed by atoms with Gasteiger partial charge in [-0.25, -0.2) is 21.6 Å². The molecule has 112 valence electrons. The van der Waals surface area contributed by atoms with Gasteiger partial charge in [-0.1, -0.05) is 0 Å². The maximum atomic E-state index is 11.7. The molecule has 3 N–H and O–H groups in total. The predicted molar refractivity (Wildman–Crippen MR) is 72.3 cm³/mol. The van der Waals surface area contributed by atoms with Crippen LogP contribution in [0.4, 0.5) is 5.69 Å². The highest BCUT2D eigenvalue weighted by molar-refractivity contribution is 7.94. The van der Waals surface area contributed by atoms with Crippen molar-refractivity contribution in [1.29, 1.82) is 0 Å². The summed E-state index contributed by atoms with van der Waals surface area (Å²) in [4.78, 5) is 10.6. The van der Waals surface area contributed by atoms with Gasteiger partial charge in [0, 0.05) is 5.69 Å². The van der Waals surface area contributed by atoms with E-state index in [0.29, 0.717) is 0 Å². The van der Waals surface area contributed by atoms with Gasteiger partial charge in [-0.05, 0) is 38.2 Å². The van der Waals surface area contributed by atoms with Crippen LogP contribution in [0.3, 0.4) is 0 Å². The molecule has 0 bridgehead atoms. The van der Waals surface area contributed by atoms with Crippen LogP contribution in [-0.2, 0) is 24.8 Å². The molecule has 1 aromatic carbocycles. The fourth-order valence-corrected chi connectivity index (χ4v) is 2.84. The maximum Gasteiger partial charge on any atom is 0.323 e. The summed E-state index contributed by atoms with van der Waals surface area (Å²) in [6.07, 6.45) is 0. The molecule has 0 aliphatic carbocycles. The van der Waals surface area contributed by atoms with Gasteiger partial charge in [-0.3, -0.25) is 9.52 Å². The van der Waals surface area contributed by atoms with E-state index in [1.54, 1.807) is 0 Å². The van der Waals surface area contributed by atoms with E-state index < -0.39 is 31.3 Å². The highest BCUT2D eigenvalue weighted by Crippen LogP contribution is 2.16. The van der Waals surface area contributed by atoms with Gasteiger partial charge >= 0.3 is 5.97 Å². The third-order valence-corrected chi connectivity index (χ3v) is 5.59. The van der Waals surface area contributed by atoms with Crippen LogP contribution in [0, 0.1) is 0 Å². The second kappa shape index (κ2) is 5.77. The Bertz CT molecular complexity index is 694. The first-order valence-corrected chi connectivity index (χ1v) is 8.41. The Kier molecular flexibility index (Phi) is 4.73. The first kappa shape index (κ1) is 16.4. The monoisotopic (exact) mass is 322 g/mol. The Balaban J connectivity index is 3.00. The number of hydrogen-bond acceptors (Lipinski definition) is 5. The molecule has 1 unspecified atom stereocenters. The van der Waals surface area contributed by atoms with Gasteiger partial charge in [0.25, 0.3) is 0 Å². The van der Waals surface area contributed by atoms with E-state index >= 15 is 0 Å². The van der Waals surface area contributed by atoms with Crippen molar-refractivity contribution in [2.45, 2.75) is 17.1 Å². The molecule has 8 nitrogen and oxygen atoms in total. The fourth-order valence-electron chi connectivity index (χ4n) is 1.21. The summed E-state index contributed by atoms with van der Waals surface area (Å²) in [6.45, 7) is 1.03. The number of benzene rings is 1. The van der Waals surface area contributed by atoms with Crippen molar-refractivity contribution in [1.82, 2.24) is 4.72 Å². The zero-order valence-electron chi connectivity index (χ0n) is 10.7. The first-order chi connectivity index (χ1) is 9.10. The predicted octanol–water partition coefficient (Wildman–Crippen LogP) is -0.190. The van der Waals surface area contributed by atoms with Crippen LogP contribution >= 0.6 is 0 Å². The van der Waals surface area contributed by atoms with Gasteiger partial charge in [-0.15, -0.1) is 0 Å². The lowest BCUT2D eigenvalue weighted by atomic mass is 10.3. The summed E-state index contributed by atoms with van der Waals surface area (Å²) in [6, 6.07) is 4.87. The smallest absolute Gasteiger partial charge is 0.323 e. The lowest BCUT2D eigenvalue weighted by Gasteiger charge is -2.11. The topological polar surface area (TPSA) is 130 Å². The number of carbonyl (C=O) groups is 1. The minimum Gasteiger partial charge on any atom is -0.480 e. The van der Waals surface area contributed by atoms with Crippen molar-refractivity contribution in [2.75, 3.05) is 11.8 Å². The summed E-state index contributed by atoms with van der Waals surface area (Å²) < 4.78 is 50.4. The van der Waals surface area contributed by atoms with E-state index in [2.05, 4.69) is 9.44 Å². The van der Waals surface area contributed by atoms with Crippen molar-refractivity contribution in [3.8, 4) is 0 Å². The SMILES string of the molecule is CNS(=O)(=O)c1ccc(NS(=O)(=O)C(C)C(=O)O)cc1. The number of carboxylic acids is 1. The molecular weight excluding hydrogens is 308 g/mol. The minimum atomic E-state index is -4.08. The van der Waals surface area contributed by atoms with Crippen LogP contribution in [0.5, 0.6) is 0 Å². The summed E-state index contributed by atoms with van der Waals surface area (Å²) in [5, 5.41) is 7.05. The molecule has 0 radical (unpaired) electrons. The van der Waals surface area contributed by atoms with Gasteiger partial charge in [0.05, 0.1) is 4.90 Å². The number of hydrogen-bond donors (Lipinski definition) is 3. The third-order valence-electron chi connectivity index (χ3n) is 2.51. The zero-order valence-corrected chi connectivity index (χ0v) is 12.3. The summed E-state index contributed by atoms with van der Waals surface area (Å²) in [7, 11) is -6.44. The summed E-state index contributed by atoms with van der Waals surface area (Å²) in [5.41, 5.74) is 0.0770. The highest BCUT2D eigenvalue weighted by Gasteiger charge is 2.27. The van der Waals surface area contributed by atoms with E-state index in [1.165, 1.54) is 31.3 Å². The lowest BCUT2D eigenvalue weighted by molar-refractivity contribution is -0.136. The molecule has 0 heterocycles. The van der Waals surface area contributed by atoms with Gasteiger partial charge in [0.2, 0.25) is 20.0 Å². The van der Waals surface area contributed by atoms with Gasteiger partial charge in [-0.2, -0.15) is 0 Å². The minimum absolute atomic E-state index is 0.0331. The van der Waals surface area contributed by atoms with E-state index in [0.717, 1.165) is 6.92 Å². The Hall–Kier alpha value is -1.65. The van der Waals surface area contributed by atoms with Crippen molar-refractivity contribution in [3.05, 3.63) is 24.3 Å². The number of anilines is 1. The van der Waals surface area contributed by atoms with Crippen molar-refractivity contribution in [2.24, 2.45) is 0 Å². The van der Waals surface area contributed by atoms with Crippen molar-refractivity contribution >= 4 is 31.7 Å². The molecule has 0 spiro atoms. The number of aliphatic carboxylic acids is 1. The molecule has 0 aliphatic rings. The first-order valence-electron chi connectivity index (χ1n) is 5.38. The van der Waals surface area contributed by atoms with Gasteiger partial charge in [0.1, 0.15) is 0 Å². The molecule has 10 heteroatoms. The molecule has 1 atom stereocenters. The Morgan fingerprint density at radius 2 is 1.65 bits per heavy atom. The van der Waals surface area contributed by atoms with Gasteiger partial charge < -0.3 is 5.11 Å². The van der Waals surface area contributed by atoms with Crippen LogP contribution < -0.4 is 9.44 Å². The molecule has 0 saturated carbocycles. The highest BCUT2D eigenvalue weighted by atomic mass is 32.2. The summed E-state index contributed by atoms with van der Waals surface area (Å²) in [5.74, 6) is -1.48. The van der Waals surface area contributed by atoms with Gasteiger partial charge in [0.15, 0.2) is 5.25 Å². The molecule has 1 rings (SSSR count). The third kappa shape index (κ3) is 3.68. The van der Waals surface area contributed by atoms with Crippen LogP contribution in [0.2, 0.25) is 0 Å². The average Bonchev–Trinajstić information content (AvgIpc) is 2.37. The van der Waals surface area contributed by atoms with E-state index in [1.807, 2.05) is 0 Å². The normalized spacial score (nSPS) is 13.7. The quantitative estimate of drug-likeness (QED) is 0.665. The molecule has 0 aliphatic heterocycles. The Morgan fingerprint density at radius 3 is 2.05 bits per heavy atom. The molecule has 0 fully saturated rings. The maximum absolute atomic E-state index is 11.7. The number of nitrogens with one attached hydrogen (secondary N) is 2. The van der Waals surface area contributed by atoms with Crippen LogP contribution in [0.25, 0.3) is 0 Å². The zero-order chi connectivity index (χ0) is 15.6. The molecule has 0 aromatic heterocycles. The fraction of sp³-hybridized carbons (Fsp3) is 0.300. The molecular formula is C10H14N2O6S2.